The molecule has 0 aromatic heterocycles. The number of carbonyl (C=O) groups is 2. The lowest BCUT2D eigenvalue weighted by Crippen LogP contribution is -2.13. The van der Waals surface area contributed by atoms with Gasteiger partial charge in [0, 0.05) is 0 Å². The van der Waals surface area contributed by atoms with E-state index in [4.69, 9.17) is 5.11 Å². The van der Waals surface area contributed by atoms with Gasteiger partial charge in [-0.25, -0.2) is 9.59 Å². The molecule has 1 aromatic carbocycles. The van der Waals surface area contributed by atoms with E-state index in [0.717, 1.165) is 25.7 Å². The van der Waals surface area contributed by atoms with Crippen molar-refractivity contribution >= 4 is 11.9 Å². The zero-order chi connectivity index (χ0) is 15.1. The predicted octanol–water partition coefficient (Wildman–Crippen LogP) is 4.16. The van der Waals surface area contributed by atoms with Crippen LogP contribution in [0.1, 0.15) is 78.1 Å². The monoisotopic (exact) mass is 278 g/mol. The third kappa shape index (κ3) is 4.08. The van der Waals surface area contributed by atoms with Gasteiger partial charge >= 0.3 is 11.9 Å². The summed E-state index contributed by atoms with van der Waals surface area (Å²) >= 11 is 0. The highest BCUT2D eigenvalue weighted by atomic mass is 16.4. The third-order valence-corrected chi connectivity index (χ3v) is 3.56. The molecule has 4 nitrogen and oxygen atoms in total. The lowest BCUT2D eigenvalue weighted by atomic mass is 9.88. The molecule has 0 bridgehead atoms. The SMILES string of the molecule is CCCCCC[C@H](C)c1cccc(C(=O)O)c1C(=O)O. The van der Waals surface area contributed by atoms with Gasteiger partial charge in [-0.05, 0) is 24.0 Å². The molecule has 0 aliphatic rings. The van der Waals surface area contributed by atoms with Gasteiger partial charge in [-0.15, -0.1) is 0 Å². The van der Waals surface area contributed by atoms with Crippen molar-refractivity contribution in [2.45, 2.75) is 51.9 Å². The lowest BCUT2D eigenvalue weighted by molar-refractivity contribution is 0.0650. The first kappa shape index (κ1) is 16.2. The summed E-state index contributed by atoms with van der Waals surface area (Å²) in [5, 5.41) is 18.4. The highest BCUT2D eigenvalue weighted by Gasteiger charge is 2.22. The van der Waals surface area contributed by atoms with Gasteiger partial charge in [-0.1, -0.05) is 51.7 Å². The van der Waals surface area contributed by atoms with E-state index >= 15 is 0 Å². The van der Waals surface area contributed by atoms with Crippen molar-refractivity contribution in [3.63, 3.8) is 0 Å². The number of hydrogen-bond donors (Lipinski definition) is 2. The maximum Gasteiger partial charge on any atom is 0.336 e. The predicted molar refractivity (Wildman–Crippen MR) is 77.5 cm³/mol. The van der Waals surface area contributed by atoms with Crippen molar-refractivity contribution in [3.05, 3.63) is 34.9 Å². The second-order valence-corrected chi connectivity index (χ2v) is 5.13. The van der Waals surface area contributed by atoms with E-state index in [1.165, 1.54) is 12.5 Å². The minimum absolute atomic E-state index is 0.0530. The van der Waals surface area contributed by atoms with Crippen LogP contribution in [-0.2, 0) is 0 Å². The largest absolute Gasteiger partial charge is 0.478 e. The molecule has 0 fully saturated rings. The molecular formula is C16H22O4. The van der Waals surface area contributed by atoms with E-state index in [0.29, 0.717) is 5.56 Å². The molecular weight excluding hydrogens is 256 g/mol. The van der Waals surface area contributed by atoms with Crippen LogP contribution in [0.5, 0.6) is 0 Å². The van der Waals surface area contributed by atoms with Crippen LogP contribution >= 0.6 is 0 Å². The zero-order valence-corrected chi connectivity index (χ0v) is 12.1. The number of benzene rings is 1. The average Bonchev–Trinajstić information content (AvgIpc) is 2.42. The summed E-state index contributed by atoms with van der Waals surface area (Å²) in [4.78, 5) is 22.5. The topological polar surface area (TPSA) is 74.6 Å². The minimum atomic E-state index is -1.19. The molecule has 0 aliphatic carbocycles. The minimum Gasteiger partial charge on any atom is -0.478 e. The average molecular weight is 278 g/mol. The highest BCUT2D eigenvalue weighted by Crippen LogP contribution is 2.27. The Kier molecular flexibility index (Phi) is 6.22. The summed E-state index contributed by atoms with van der Waals surface area (Å²) in [6.45, 7) is 4.10. The quantitative estimate of drug-likeness (QED) is 0.700. The summed E-state index contributed by atoms with van der Waals surface area (Å²) in [6, 6.07) is 4.69. The number of rotatable bonds is 8. The fraction of sp³-hybridized carbons (Fsp3) is 0.500. The normalized spacial score (nSPS) is 12.1. The highest BCUT2D eigenvalue weighted by molar-refractivity contribution is 6.02. The Morgan fingerprint density at radius 2 is 1.80 bits per heavy atom. The van der Waals surface area contributed by atoms with Crippen molar-refractivity contribution in [2.24, 2.45) is 0 Å². The molecule has 20 heavy (non-hydrogen) atoms. The molecule has 2 N–H and O–H groups in total. The van der Waals surface area contributed by atoms with Gasteiger partial charge in [-0.3, -0.25) is 0 Å². The van der Waals surface area contributed by atoms with Gasteiger partial charge in [0.15, 0.2) is 0 Å². The Labute approximate surface area is 119 Å². The summed E-state index contributed by atoms with van der Waals surface area (Å²) in [5.41, 5.74) is 0.423. The maximum atomic E-state index is 11.4. The number of carboxylic acids is 2. The van der Waals surface area contributed by atoms with E-state index in [-0.39, 0.29) is 17.0 Å². The first-order valence-electron chi connectivity index (χ1n) is 7.08. The molecule has 0 amide bonds. The number of carboxylic acid groups (broad SMARTS) is 2. The first-order valence-corrected chi connectivity index (χ1v) is 7.08. The summed E-state index contributed by atoms with van der Waals surface area (Å²) in [5.74, 6) is -2.31. The van der Waals surface area contributed by atoms with Gasteiger partial charge in [0.05, 0.1) is 11.1 Å². The van der Waals surface area contributed by atoms with Crippen molar-refractivity contribution in [1.82, 2.24) is 0 Å². The van der Waals surface area contributed by atoms with Crippen molar-refractivity contribution in [1.29, 1.82) is 0 Å². The molecule has 0 aliphatic heterocycles. The van der Waals surface area contributed by atoms with Crippen LogP contribution < -0.4 is 0 Å². The molecule has 0 spiro atoms. The fourth-order valence-electron chi connectivity index (χ4n) is 2.43. The molecule has 0 heterocycles. The van der Waals surface area contributed by atoms with Gasteiger partial charge in [0.2, 0.25) is 0 Å². The maximum absolute atomic E-state index is 11.4. The van der Waals surface area contributed by atoms with Gasteiger partial charge < -0.3 is 10.2 Å². The molecule has 1 aromatic rings. The van der Waals surface area contributed by atoms with Crippen LogP contribution in [0.25, 0.3) is 0 Å². The molecule has 4 heteroatoms. The first-order chi connectivity index (χ1) is 9.49. The van der Waals surface area contributed by atoms with E-state index in [1.54, 1.807) is 12.1 Å². The molecule has 110 valence electrons. The standard InChI is InChI=1S/C16H22O4/c1-3-4-5-6-8-11(2)12-9-7-10-13(15(17)18)14(12)16(19)20/h7,9-11H,3-6,8H2,1-2H3,(H,17,18)(H,19,20)/t11-/m0/s1. The zero-order valence-electron chi connectivity index (χ0n) is 12.1. The lowest BCUT2D eigenvalue weighted by Gasteiger charge is -2.16. The Bertz CT molecular complexity index is 479. The van der Waals surface area contributed by atoms with Crippen molar-refractivity contribution < 1.29 is 19.8 Å². The molecule has 0 unspecified atom stereocenters. The third-order valence-electron chi connectivity index (χ3n) is 3.56. The Morgan fingerprint density at radius 1 is 1.10 bits per heavy atom. The van der Waals surface area contributed by atoms with Crippen LogP contribution in [0.2, 0.25) is 0 Å². The molecule has 0 saturated carbocycles. The van der Waals surface area contributed by atoms with Gasteiger partial charge in [-0.2, -0.15) is 0 Å². The van der Waals surface area contributed by atoms with Crippen molar-refractivity contribution in [3.8, 4) is 0 Å². The van der Waals surface area contributed by atoms with Crippen LogP contribution in [-0.4, -0.2) is 22.2 Å². The number of unbranched alkanes of at least 4 members (excludes halogenated alkanes) is 3. The second-order valence-electron chi connectivity index (χ2n) is 5.13. The summed E-state index contributed by atoms with van der Waals surface area (Å²) < 4.78 is 0. The Hall–Kier alpha value is -1.84. The second kappa shape index (κ2) is 7.68. The summed E-state index contributed by atoms with van der Waals surface area (Å²) in [6.07, 6.45) is 5.37. The molecule has 1 atom stereocenters. The number of aromatic carboxylic acids is 2. The number of hydrogen-bond acceptors (Lipinski definition) is 2. The van der Waals surface area contributed by atoms with Gasteiger partial charge in [0.25, 0.3) is 0 Å². The van der Waals surface area contributed by atoms with Crippen molar-refractivity contribution in [2.75, 3.05) is 0 Å². The molecule has 0 radical (unpaired) electrons. The molecule has 1 rings (SSSR count). The Morgan fingerprint density at radius 3 is 2.35 bits per heavy atom. The summed E-state index contributed by atoms with van der Waals surface area (Å²) in [7, 11) is 0. The van der Waals surface area contributed by atoms with Crippen LogP contribution in [0.4, 0.5) is 0 Å². The van der Waals surface area contributed by atoms with E-state index in [9.17, 15) is 14.7 Å². The fourth-order valence-corrected chi connectivity index (χ4v) is 2.43. The van der Waals surface area contributed by atoms with E-state index < -0.39 is 11.9 Å². The van der Waals surface area contributed by atoms with Crippen LogP contribution in [0, 0.1) is 0 Å². The van der Waals surface area contributed by atoms with Crippen LogP contribution in [0.3, 0.4) is 0 Å². The smallest absolute Gasteiger partial charge is 0.336 e. The van der Waals surface area contributed by atoms with Crippen LogP contribution in [0.15, 0.2) is 18.2 Å². The molecule has 0 saturated heterocycles. The Balaban J connectivity index is 2.96. The van der Waals surface area contributed by atoms with E-state index in [1.807, 2.05) is 6.92 Å². The van der Waals surface area contributed by atoms with Gasteiger partial charge in [0.1, 0.15) is 0 Å². The van der Waals surface area contributed by atoms with E-state index in [2.05, 4.69) is 6.92 Å².